The minimum Gasteiger partial charge on any atom is -0.497 e. The summed E-state index contributed by atoms with van der Waals surface area (Å²) in [7, 11) is 1.59. The van der Waals surface area contributed by atoms with Crippen LogP contribution in [-0.2, 0) is 4.79 Å². The van der Waals surface area contributed by atoms with Crippen LogP contribution in [0, 0.1) is 13.8 Å². The first-order chi connectivity index (χ1) is 15.0. The molecule has 0 bridgehead atoms. The van der Waals surface area contributed by atoms with E-state index in [1.807, 2.05) is 55.1 Å². The topological polar surface area (TPSA) is 58.6 Å². The van der Waals surface area contributed by atoms with E-state index in [0.29, 0.717) is 22.8 Å². The van der Waals surface area contributed by atoms with Crippen LogP contribution in [0.1, 0.15) is 32.4 Å². The molecule has 1 aliphatic rings. The summed E-state index contributed by atoms with van der Waals surface area (Å²) in [6, 6.07) is 20.8. The van der Waals surface area contributed by atoms with E-state index in [4.69, 9.17) is 4.74 Å². The Labute approximate surface area is 186 Å². The highest BCUT2D eigenvalue weighted by Gasteiger charge is 2.34. The second kappa shape index (κ2) is 8.86. The number of benzene rings is 3. The summed E-state index contributed by atoms with van der Waals surface area (Å²) < 4.78 is 5.13. The smallest absolute Gasteiger partial charge is 0.255 e. The number of nitrogens with one attached hydrogen (secondary N) is 1. The van der Waals surface area contributed by atoms with Crippen molar-refractivity contribution in [2.45, 2.75) is 19.2 Å². The number of methoxy groups -OCH3 is 1. The van der Waals surface area contributed by atoms with Crippen molar-refractivity contribution in [3.63, 3.8) is 0 Å². The van der Waals surface area contributed by atoms with E-state index < -0.39 is 0 Å². The molecule has 3 aromatic rings. The van der Waals surface area contributed by atoms with Crippen molar-refractivity contribution in [2.24, 2.45) is 0 Å². The zero-order valence-corrected chi connectivity index (χ0v) is 18.5. The normalized spacial score (nSPS) is 15.8. The molecule has 0 saturated carbocycles. The zero-order chi connectivity index (χ0) is 22.0. The molecule has 6 heteroatoms. The summed E-state index contributed by atoms with van der Waals surface area (Å²) in [5, 5.41) is 2.83. The molecule has 4 rings (SSSR count). The summed E-state index contributed by atoms with van der Waals surface area (Å²) in [5.41, 5.74) is 5.50. The van der Waals surface area contributed by atoms with E-state index in [1.54, 1.807) is 43.1 Å². The van der Waals surface area contributed by atoms with Crippen molar-refractivity contribution >= 4 is 35.0 Å². The Balaban J connectivity index is 1.51. The molecule has 1 saturated heterocycles. The van der Waals surface area contributed by atoms with Crippen LogP contribution >= 0.6 is 11.8 Å². The molecular formula is C25H24N2O3S. The lowest BCUT2D eigenvalue weighted by molar-refractivity contribution is -0.115. The van der Waals surface area contributed by atoms with E-state index in [1.165, 1.54) is 5.56 Å². The molecule has 1 N–H and O–H groups in total. The van der Waals surface area contributed by atoms with Gasteiger partial charge in [0, 0.05) is 16.9 Å². The van der Waals surface area contributed by atoms with Crippen LogP contribution < -0.4 is 15.0 Å². The van der Waals surface area contributed by atoms with Crippen molar-refractivity contribution in [1.82, 2.24) is 0 Å². The molecule has 0 radical (unpaired) electrons. The highest BCUT2D eigenvalue weighted by molar-refractivity contribution is 8.00. The Morgan fingerprint density at radius 1 is 1.03 bits per heavy atom. The van der Waals surface area contributed by atoms with Crippen LogP contribution in [0.25, 0.3) is 0 Å². The van der Waals surface area contributed by atoms with Crippen LogP contribution in [0.2, 0.25) is 0 Å². The number of nitrogens with zero attached hydrogens (tertiary/aromatic N) is 1. The second-order valence-electron chi connectivity index (χ2n) is 7.52. The van der Waals surface area contributed by atoms with Gasteiger partial charge in [-0.3, -0.25) is 14.5 Å². The second-order valence-corrected chi connectivity index (χ2v) is 8.59. The van der Waals surface area contributed by atoms with Crippen LogP contribution in [0.5, 0.6) is 5.75 Å². The predicted molar refractivity (Wildman–Crippen MR) is 126 cm³/mol. The third-order valence-electron chi connectivity index (χ3n) is 5.29. The molecule has 3 aromatic carbocycles. The number of carbonyl (C=O) groups excluding carboxylic acids is 2. The molecule has 0 aromatic heterocycles. The molecule has 1 aliphatic heterocycles. The first-order valence-electron chi connectivity index (χ1n) is 10.0. The van der Waals surface area contributed by atoms with Gasteiger partial charge in [0.25, 0.3) is 5.91 Å². The molecule has 1 heterocycles. The molecule has 0 aliphatic carbocycles. The van der Waals surface area contributed by atoms with Crippen molar-refractivity contribution in [3.8, 4) is 5.75 Å². The number of thioether (sulfide) groups is 1. The highest BCUT2D eigenvalue weighted by Crippen LogP contribution is 2.43. The Morgan fingerprint density at radius 2 is 1.74 bits per heavy atom. The minimum atomic E-state index is -0.183. The van der Waals surface area contributed by atoms with Gasteiger partial charge >= 0.3 is 0 Å². The largest absolute Gasteiger partial charge is 0.497 e. The lowest BCUT2D eigenvalue weighted by Crippen LogP contribution is -2.28. The maximum absolute atomic E-state index is 12.6. The summed E-state index contributed by atoms with van der Waals surface area (Å²) in [5.74, 6) is 1.09. The van der Waals surface area contributed by atoms with Crippen molar-refractivity contribution in [1.29, 1.82) is 0 Å². The molecule has 1 unspecified atom stereocenters. The molecule has 1 fully saturated rings. The summed E-state index contributed by atoms with van der Waals surface area (Å²) >= 11 is 1.62. The quantitative estimate of drug-likeness (QED) is 0.591. The first kappa shape index (κ1) is 21.0. The molecule has 1 atom stereocenters. The number of aryl methyl sites for hydroxylation is 2. The molecule has 5 nitrogen and oxygen atoms in total. The fourth-order valence-electron chi connectivity index (χ4n) is 3.68. The van der Waals surface area contributed by atoms with E-state index in [2.05, 4.69) is 11.4 Å². The highest BCUT2D eigenvalue weighted by atomic mass is 32.2. The third kappa shape index (κ3) is 4.44. The number of anilines is 2. The molecule has 0 spiro atoms. The maximum atomic E-state index is 12.6. The van der Waals surface area contributed by atoms with Crippen LogP contribution in [0.3, 0.4) is 0 Å². The van der Waals surface area contributed by atoms with E-state index in [9.17, 15) is 9.59 Å². The molecule has 31 heavy (non-hydrogen) atoms. The van der Waals surface area contributed by atoms with Gasteiger partial charge in [-0.2, -0.15) is 0 Å². The lowest BCUT2D eigenvalue weighted by Gasteiger charge is -2.26. The molecule has 2 amide bonds. The number of carbonyl (C=O) groups is 2. The van der Waals surface area contributed by atoms with Crippen LogP contribution in [0.15, 0.2) is 66.7 Å². The van der Waals surface area contributed by atoms with Gasteiger partial charge in [0.1, 0.15) is 11.1 Å². The number of ether oxygens (including phenoxy) is 1. The van der Waals surface area contributed by atoms with Crippen molar-refractivity contribution in [2.75, 3.05) is 23.1 Å². The number of amides is 2. The molecular weight excluding hydrogens is 408 g/mol. The number of rotatable bonds is 5. The minimum absolute atomic E-state index is 0.0831. The van der Waals surface area contributed by atoms with Gasteiger partial charge < -0.3 is 10.1 Å². The molecule has 158 valence electrons. The Hall–Kier alpha value is -3.25. The average Bonchev–Trinajstić information content (AvgIpc) is 3.15. The van der Waals surface area contributed by atoms with Gasteiger partial charge in [0.05, 0.1) is 12.9 Å². The standard InChI is InChI=1S/C25H24N2O3S/c1-16-4-13-22(17(2)14-16)27-23(28)15-31-25(27)19-5-9-20(10-6-19)26-24(29)18-7-11-21(30-3)12-8-18/h4-14,25H,15H2,1-3H3,(H,26,29). The fraction of sp³-hybridized carbons (Fsp3) is 0.200. The summed E-state index contributed by atoms with van der Waals surface area (Å²) in [6.07, 6.45) is 0. The first-order valence-corrected chi connectivity index (χ1v) is 11.1. The third-order valence-corrected chi connectivity index (χ3v) is 6.50. The average molecular weight is 433 g/mol. The Morgan fingerprint density at radius 3 is 2.39 bits per heavy atom. The van der Waals surface area contributed by atoms with Crippen LogP contribution in [-0.4, -0.2) is 24.7 Å². The number of hydrogen-bond acceptors (Lipinski definition) is 4. The van der Waals surface area contributed by atoms with Gasteiger partial charge in [-0.05, 0) is 67.4 Å². The van der Waals surface area contributed by atoms with Crippen molar-refractivity contribution in [3.05, 3.63) is 89.0 Å². The fourth-order valence-corrected chi connectivity index (χ4v) is 4.85. The Kier molecular flexibility index (Phi) is 6.00. The van der Waals surface area contributed by atoms with E-state index in [-0.39, 0.29) is 17.2 Å². The van der Waals surface area contributed by atoms with Gasteiger partial charge in [-0.15, -0.1) is 11.8 Å². The van der Waals surface area contributed by atoms with E-state index in [0.717, 1.165) is 16.8 Å². The maximum Gasteiger partial charge on any atom is 0.255 e. The van der Waals surface area contributed by atoms with Crippen LogP contribution in [0.4, 0.5) is 11.4 Å². The number of hydrogen-bond donors (Lipinski definition) is 1. The van der Waals surface area contributed by atoms with Gasteiger partial charge in [-0.25, -0.2) is 0 Å². The van der Waals surface area contributed by atoms with E-state index >= 15 is 0 Å². The lowest BCUT2D eigenvalue weighted by atomic mass is 10.1. The monoisotopic (exact) mass is 432 g/mol. The Bertz CT molecular complexity index is 1110. The summed E-state index contributed by atoms with van der Waals surface area (Å²) in [4.78, 5) is 27.0. The predicted octanol–water partition coefficient (Wildman–Crippen LogP) is 5.34. The summed E-state index contributed by atoms with van der Waals surface area (Å²) in [6.45, 7) is 4.08. The van der Waals surface area contributed by atoms with Gasteiger partial charge in [0.15, 0.2) is 0 Å². The van der Waals surface area contributed by atoms with Gasteiger partial charge in [-0.1, -0.05) is 29.8 Å². The zero-order valence-electron chi connectivity index (χ0n) is 17.7. The van der Waals surface area contributed by atoms with Crippen molar-refractivity contribution < 1.29 is 14.3 Å². The van der Waals surface area contributed by atoms with Gasteiger partial charge in [0.2, 0.25) is 5.91 Å². The SMILES string of the molecule is COc1ccc(C(=O)Nc2ccc(C3SCC(=O)N3c3ccc(C)cc3C)cc2)cc1.